The van der Waals surface area contributed by atoms with E-state index in [2.05, 4.69) is 9.69 Å². The Balaban J connectivity index is 1.86. The van der Waals surface area contributed by atoms with Gasteiger partial charge in [-0.1, -0.05) is 0 Å². The normalized spacial score (nSPS) is 12.2. The van der Waals surface area contributed by atoms with Crippen LogP contribution in [0.25, 0.3) is 21.1 Å². The van der Waals surface area contributed by atoms with Crippen LogP contribution in [-0.4, -0.2) is 85.6 Å². The maximum absolute atomic E-state index is 12.6. The van der Waals surface area contributed by atoms with Crippen LogP contribution in [0.5, 0.6) is 11.5 Å². The number of carboxylic acid groups (broad SMARTS) is 1. The van der Waals surface area contributed by atoms with Crippen molar-refractivity contribution in [2.45, 2.75) is 16.1 Å². The van der Waals surface area contributed by atoms with Gasteiger partial charge in [0, 0.05) is 16.0 Å². The Bertz CT molecular complexity index is 2530. The first kappa shape index (κ1) is 41.5. The molecule has 0 radical (unpaired) electrons. The van der Waals surface area contributed by atoms with E-state index < -0.39 is 114 Å². The molecule has 0 fully saturated rings. The van der Waals surface area contributed by atoms with Gasteiger partial charge in [0.05, 0.1) is 51.8 Å². The number of carbonyl (C=O) groups excluding carboxylic acids is 2. The number of carbonyl (C=O) groups is 3. The molecule has 3 aromatic carbocycles. The number of benzene rings is 3. The number of aromatic carboxylic acids is 1. The molecule has 0 unspecified atom stereocenters. The van der Waals surface area contributed by atoms with E-state index in [1.54, 1.807) is 12.1 Å². The summed E-state index contributed by atoms with van der Waals surface area (Å²) in [5, 5.41) is 47.3. The highest BCUT2D eigenvalue weighted by Gasteiger charge is 2.23. The van der Waals surface area contributed by atoms with Gasteiger partial charge in [0.2, 0.25) is 0 Å². The fourth-order valence-corrected chi connectivity index (χ4v) is 5.35. The second-order valence-electron chi connectivity index (χ2n) is 10.0. The van der Waals surface area contributed by atoms with Crippen molar-refractivity contribution in [2.24, 2.45) is 0 Å². The number of esters is 2. The number of carboxylic acids is 1. The second-order valence-corrected chi connectivity index (χ2v) is 12.9. The van der Waals surface area contributed by atoms with Crippen LogP contribution in [-0.2, 0) is 29.7 Å². The van der Waals surface area contributed by atoms with Crippen molar-refractivity contribution in [1.29, 1.82) is 10.5 Å². The van der Waals surface area contributed by atoms with Crippen LogP contribution in [0.1, 0.15) is 42.9 Å². The van der Waals surface area contributed by atoms with Crippen molar-refractivity contribution in [3.8, 4) is 23.6 Å². The summed E-state index contributed by atoms with van der Waals surface area (Å²) in [5.41, 5.74) is -3.62. The smallest absolute Gasteiger partial charge is 0.339 e. The largest absolute Gasteiger partial charge is 0.491 e. The molecular weight excluding hydrogens is 760 g/mol. The first-order valence-corrected chi connectivity index (χ1v) is 17.2. The Morgan fingerprint density at radius 2 is 1.11 bits per heavy atom. The summed E-state index contributed by atoms with van der Waals surface area (Å²) in [6.45, 7) is 12.6. The van der Waals surface area contributed by atoms with E-state index in [0.717, 1.165) is 36.4 Å². The van der Waals surface area contributed by atoms with Gasteiger partial charge in [0.1, 0.15) is 37.9 Å². The molecule has 0 saturated heterocycles. The van der Waals surface area contributed by atoms with E-state index in [1.807, 2.05) is 0 Å². The predicted molar refractivity (Wildman–Crippen MR) is 175 cm³/mol. The Labute approximate surface area is 304 Å². The quantitative estimate of drug-likeness (QED) is 0.0487. The van der Waals surface area contributed by atoms with Gasteiger partial charge in [0.15, 0.2) is 6.29 Å². The van der Waals surface area contributed by atoms with Gasteiger partial charge in [-0.3, -0.25) is 9.11 Å². The Hall–Kier alpha value is -6.89. The standard InChI is InChI=1S/C32H22N4O16S2/c1-35-25(15-33)23-13-28(50-8-10-52-32(42)20-6-4-18(54(46,47)48)12-22(20)30(39)40)24(26(16-34)36-2)14-27(23)49-7-9-51-31(41)19-5-3-17(53(43,44)45)11-21(19)29(37)38/h3-6,11-14,29,37-38H,7-10H2,(H,39,40)(H,43,44,45)(H,46,47,48)/b25-23-,26-24+. The van der Waals surface area contributed by atoms with E-state index in [9.17, 15) is 66.2 Å². The molecule has 3 aromatic rings. The minimum absolute atomic E-state index is 0.228. The average molecular weight is 783 g/mol. The van der Waals surface area contributed by atoms with Crippen molar-refractivity contribution >= 4 is 49.5 Å². The molecule has 5 N–H and O–H groups in total. The lowest BCUT2D eigenvalue weighted by Gasteiger charge is -2.14. The zero-order chi connectivity index (χ0) is 40.4. The van der Waals surface area contributed by atoms with Gasteiger partial charge in [0.25, 0.3) is 31.6 Å². The summed E-state index contributed by atoms with van der Waals surface area (Å²) in [5.74, 6) is -4.69. The van der Waals surface area contributed by atoms with Crippen LogP contribution < -0.4 is 19.9 Å². The highest BCUT2D eigenvalue weighted by molar-refractivity contribution is 7.86. The number of hydrogen-bond acceptors (Lipinski definition) is 15. The van der Waals surface area contributed by atoms with Gasteiger partial charge in [-0.05, 0) is 48.5 Å². The van der Waals surface area contributed by atoms with Gasteiger partial charge < -0.3 is 34.3 Å². The van der Waals surface area contributed by atoms with Crippen molar-refractivity contribution in [2.75, 3.05) is 26.4 Å². The molecule has 278 valence electrons. The highest BCUT2D eigenvalue weighted by Crippen LogP contribution is 2.22. The number of hydrogen-bond donors (Lipinski definition) is 5. The molecule has 0 aromatic heterocycles. The zero-order valence-corrected chi connectivity index (χ0v) is 28.5. The third kappa shape index (κ3) is 10.1. The highest BCUT2D eigenvalue weighted by atomic mass is 32.2. The molecule has 20 nitrogen and oxygen atoms in total. The van der Waals surface area contributed by atoms with Crippen molar-refractivity contribution < 1.29 is 74.6 Å². The topological polar surface area (TPSA) is 314 Å². The maximum Gasteiger partial charge on any atom is 0.339 e. The van der Waals surface area contributed by atoms with E-state index in [4.69, 9.17) is 32.1 Å². The number of nitrogens with zero attached hydrogens (tertiary/aromatic N) is 4. The second kappa shape index (κ2) is 17.6. The van der Waals surface area contributed by atoms with Gasteiger partial charge in [-0.15, -0.1) is 0 Å². The van der Waals surface area contributed by atoms with Crippen LogP contribution in [0.2, 0.25) is 0 Å². The number of rotatable bonds is 14. The Kier molecular flexibility index (Phi) is 13.5. The first-order chi connectivity index (χ1) is 25.4. The molecule has 54 heavy (non-hydrogen) atoms. The number of aliphatic hydroxyl groups is 2. The summed E-state index contributed by atoms with van der Waals surface area (Å²) in [7, 11) is -9.57. The molecular formula is C32H22N4O16S2. The van der Waals surface area contributed by atoms with Gasteiger partial charge in [-0.25, -0.2) is 34.6 Å². The maximum atomic E-state index is 12.6. The first-order valence-electron chi connectivity index (χ1n) is 14.3. The lowest BCUT2D eigenvalue weighted by Crippen LogP contribution is -2.23. The molecule has 0 bridgehead atoms. The van der Waals surface area contributed by atoms with Crippen molar-refractivity contribution in [1.82, 2.24) is 0 Å². The van der Waals surface area contributed by atoms with Crippen LogP contribution in [0, 0.1) is 35.8 Å². The van der Waals surface area contributed by atoms with Crippen molar-refractivity contribution in [3.05, 3.63) is 104 Å². The lowest BCUT2D eigenvalue weighted by atomic mass is 10.1. The van der Waals surface area contributed by atoms with E-state index in [-0.39, 0.29) is 21.9 Å². The number of aliphatic hydroxyl groups excluding tert-OH is 1. The van der Waals surface area contributed by atoms with Crippen LogP contribution in [0.3, 0.4) is 0 Å². The minimum Gasteiger partial charge on any atom is -0.491 e. The zero-order valence-electron chi connectivity index (χ0n) is 26.9. The van der Waals surface area contributed by atoms with Crippen LogP contribution >= 0.6 is 0 Å². The van der Waals surface area contributed by atoms with E-state index >= 15 is 0 Å². The summed E-state index contributed by atoms with van der Waals surface area (Å²) in [6.07, 6.45) is -2.35. The minimum atomic E-state index is -4.80. The molecule has 3 rings (SSSR count). The molecule has 0 spiro atoms. The summed E-state index contributed by atoms with van der Waals surface area (Å²) in [6, 6.07) is 9.80. The summed E-state index contributed by atoms with van der Waals surface area (Å²) < 4.78 is 85.2. The van der Waals surface area contributed by atoms with Gasteiger partial charge in [-0.2, -0.15) is 16.8 Å². The molecule has 0 atom stereocenters. The van der Waals surface area contributed by atoms with Gasteiger partial charge >= 0.3 is 17.9 Å². The number of nitriles is 2. The molecule has 0 heterocycles. The monoisotopic (exact) mass is 782 g/mol. The fraction of sp³-hybridized carbons (Fsp3) is 0.156. The molecule has 0 aliphatic rings. The van der Waals surface area contributed by atoms with Crippen molar-refractivity contribution in [3.63, 3.8) is 0 Å². The predicted octanol–water partition coefficient (Wildman–Crippen LogP) is 0.435. The summed E-state index contributed by atoms with van der Waals surface area (Å²) in [4.78, 5) is 41.5. The van der Waals surface area contributed by atoms with Crippen LogP contribution in [0.15, 0.2) is 58.3 Å². The molecule has 0 aliphatic carbocycles. The Morgan fingerprint density at radius 3 is 1.50 bits per heavy atom. The van der Waals surface area contributed by atoms with E-state index in [0.29, 0.717) is 12.1 Å². The average Bonchev–Trinajstić information content (AvgIpc) is 3.12. The third-order valence-corrected chi connectivity index (χ3v) is 8.43. The Morgan fingerprint density at radius 1 is 0.685 bits per heavy atom. The summed E-state index contributed by atoms with van der Waals surface area (Å²) >= 11 is 0. The molecule has 0 amide bonds. The lowest BCUT2D eigenvalue weighted by molar-refractivity contribution is -0.0436. The molecule has 22 heteroatoms. The number of ether oxygens (including phenoxy) is 4. The fourth-order valence-electron chi connectivity index (χ4n) is 4.33. The van der Waals surface area contributed by atoms with E-state index in [1.165, 1.54) is 0 Å². The SMILES string of the molecule is [C-]#[N+]/C(C#N)=c1/cc(OCCOC(=O)c2ccc(S(=O)(=O)O)cc2C(=O)O)/c(=C(\C#N)[N+]#[C-])cc1OCCOC(=O)c1ccc(S(=O)(=O)O)cc1C(O)O. The molecule has 0 saturated carbocycles. The van der Waals surface area contributed by atoms with Crippen LogP contribution in [0.4, 0.5) is 0 Å². The third-order valence-electron chi connectivity index (χ3n) is 6.73. The molecule has 0 aliphatic heterocycles.